The van der Waals surface area contributed by atoms with Crippen LogP contribution in [0.2, 0.25) is 0 Å². The molecule has 0 saturated carbocycles. The monoisotopic (exact) mass is 344 g/mol. The first kappa shape index (κ1) is 14.5. The summed E-state index contributed by atoms with van der Waals surface area (Å²) >= 11 is 3.22. The van der Waals surface area contributed by atoms with Crippen molar-refractivity contribution in [1.82, 2.24) is 19.1 Å². The highest BCUT2D eigenvalue weighted by atomic mass is 79.9. The van der Waals surface area contributed by atoms with Gasteiger partial charge in [0.05, 0.1) is 13.0 Å². The van der Waals surface area contributed by atoms with E-state index in [-0.39, 0.29) is 30.1 Å². The summed E-state index contributed by atoms with van der Waals surface area (Å²) in [7, 11) is 1.51. The second-order valence-electron chi connectivity index (χ2n) is 4.08. The van der Waals surface area contributed by atoms with Gasteiger partial charge < -0.3 is 9.30 Å². The number of nitrogens with one attached hydrogen (secondary N) is 1. The summed E-state index contributed by atoms with van der Waals surface area (Å²) in [6, 6.07) is 0. The van der Waals surface area contributed by atoms with Crippen molar-refractivity contribution in [3.05, 3.63) is 25.6 Å². The van der Waals surface area contributed by atoms with Crippen LogP contribution in [0.4, 0.5) is 0 Å². The average Bonchev–Trinajstić information content (AvgIpc) is 2.72. The molecule has 2 heterocycles. The largest absolute Gasteiger partial charge is 0.466 e. The number of carbonyl (C=O) groups excluding carboxylic acids is 1. The molecule has 0 aliphatic carbocycles. The maximum absolute atomic E-state index is 11.9. The fourth-order valence-corrected chi connectivity index (χ4v) is 2.37. The molecule has 2 rings (SSSR count). The molecule has 0 saturated heterocycles. The molecule has 0 atom stereocenters. The summed E-state index contributed by atoms with van der Waals surface area (Å²) in [6.45, 7) is 2.26. The van der Waals surface area contributed by atoms with E-state index in [2.05, 4.69) is 25.9 Å². The third kappa shape index (κ3) is 2.53. The van der Waals surface area contributed by atoms with Crippen molar-refractivity contribution in [2.75, 3.05) is 6.61 Å². The molecule has 2 aromatic heterocycles. The highest BCUT2D eigenvalue weighted by molar-refractivity contribution is 9.10. The van der Waals surface area contributed by atoms with E-state index in [1.54, 1.807) is 6.92 Å². The van der Waals surface area contributed by atoms with Gasteiger partial charge in [0, 0.05) is 13.6 Å². The van der Waals surface area contributed by atoms with Crippen molar-refractivity contribution in [3.63, 3.8) is 0 Å². The molecule has 0 unspecified atom stereocenters. The van der Waals surface area contributed by atoms with E-state index in [4.69, 9.17) is 4.74 Å². The van der Waals surface area contributed by atoms with Crippen LogP contribution in [0, 0.1) is 0 Å². The summed E-state index contributed by atoms with van der Waals surface area (Å²) < 4.78 is 7.99. The number of hydrogen-bond acceptors (Lipinski definition) is 5. The molecular formula is C11H13BrN4O4. The number of ether oxygens (including phenoxy) is 1. The first-order chi connectivity index (χ1) is 9.45. The van der Waals surface area contributed by atoms with Crippen molar-refractivity contribution in [1.29, 1.82) is 0 Å². The number of carbonyl (C=O) groups is 1. The first-order valence-electron chi connectivity index (χ1n) is 5.96. The SMILES string of the molecule is CCOC(=O)CCn1c(Br)nc2c1c(=O)[nH]c(=O)n2C. The maximum atomic E-state index is 11.9. The van der Waals surface area contributed by atoms with Gasteiger partial charge in [0.15, 0.2) is 15.9 Å². The summed E-state index contributed by atoms with van der Waals surface area (Å²) in [5.41, 5.74) is -0.576. The summed E-state index contributed by atoms with van der Waals surface area (Å²) in [5.74, 6) is -0.359. The minimum absolute atomic E-state index is 0.111. The van der Waals surface area contributed by atoms with Gasteiger partial charge in [-0.2, -0.15) is 0 Å². The summed E-state index contributed by atoms with van der Waals surface area (Å²) in [6.07, 6.45) is 0.111. The van der Waals surface area contributed by atoms with Gasteiger partial charge in [0.1, 0.15) is 0 Å². The zero-order valence-corrected chi connectivity index (χ0v) is 12.6. The van der Waals surface area contributed by atoms with Gasteiger partial charge in [0.25, 0.3) is 5.56 Å². The van der Waals surface area contributed by atoms with Crippen LogP contribution >= 0.6 is 15.9 Å². The van der Waals surface area contributed by atoms with Crippen LogP contribution in [0.25, 0.3) is 11.2 Å². The predicted molar refractivity (Wildman–Crippen MR) is 74.5 cm³/mol. The molecule has 8 nitrogen and oxygen atoms in total. The van der Waals surface area contributed by atoms with Crippen molar-refractivity contribution in [2.24, 2.45) is 7.05 Å². The number of hydrogen-bond donors (Lipinski definition) is 1. The van der Waals surface area contributed by atoms with Crippen LogP contribution in [-0.2, 0) is 23.1 Å². The third-order valence-corrected chi connectivity index (χ3v) is 3.41. The number of fused-ring (bicyclic) bond motifs is 1. The van der Waals surface area contributed by atoms with Crippen molar-refractivity contribution >= 4 is 33.1 Å². The van der Waals surface area contributed by atoms with E-state index < -0.39 is 11.2 Å². The number of aromatic nitrogens is 4. The summed E-state index contributed by atoms with van der Waals surface area (Å²) in [4.78, 5) is 41.1. The standard InChI is InChI=1S/C11H13BrN4O4/c1-3-20-6(17)4-5-16-7-8(13-10(16)12)15(2)11(19)14-9(7)18/h3-5H2,1-2H3,(H,14,18,19). The Morgan fingerprint density at radius 2 is 2.15 bits per heavy atom. The Kier molecular flexibility index (Phi) is 4.07. The second kappa shape index (κ2) is 5.61. The first-order valence-corrected chi connectivity index (χ1v) is 6.75. The zero-order chi connectivity index (χ0) is 14.9. The molecule has 0 fully saturated rings. The molecule has 0 aliphatic heterocycles. The average molecular weight is 345 g/mol. The van der Waals surface area contributed by atoms with Gasteiger partial charge in [-0.25, -0.2) is 9.78 Å². The van der Waals surface area contributed by atoms with Gasteiger partial charge in [0.2, 0.25) is 0 Å². The Balaban J connectivity index is 2.47. The topological polar surface area (TPSA) is 99.0 Å². The lowest BCUT2D eigenvalue weighted by atomic mass is 10.4. The quantitative estimate of drug-likeness (QED) is 0.628. The molecular weight excluding hydrogens is 332 g/mol. The zero-order valence-electron chi connectivity index (χ0n) is 11.0. The van der Waals surface area contributed by atoms with Gasteiger partial charge >= 0.3 is 11.7 Å². The van der Waals surface area contributed by atoms with Crippen LogP contribution in [-0.4, -0.2) is 31.7 Å². The molecule has 0 aromatic carbocycles. The number of nitrogens with zero attached hydrogens (tertiary/aromatic N) is 3. The van der Waals surface area contributed by atoms with E-state index in [1.807, 2.05) is 0 Å². The van der Waals surface area contributed by atoms with Crippen LogP contribution in [0.15, 0.2) is 14.3 Å². The minimum Gasteiger partial charge on any atom is -0.466 e. The third-order valence-electron chi connectivity index (χ3n) is 2.81. The highest BCUT2D eigenvalue weighted by Crippen LogP contribution is 2.16. The Morgan fingerprint density at radius 1 is 1.45 bits per heavy atom. The highest BCUT2D eigenvalue weighted by Gasteiger charge is 2.16. The molecule has 20 heavy (non-hydrogen) atoms. The van der Waals surface area contributed by atoms with E-state index in [1.165, 1.54) is 16.2 Å². The van der Waals surface area contributed by atoms with Gasteiger partial charge in [-0.15, -0.1) is 0 Å². The molecule has 9 heteroatoms. The maximum Gasteiger partial charge on any atom is 0.329 e. The van der Waals surface area contributed by atoms with Gasteiger partial charge in [-0.3, -0.25) is 19.1 Å². The van der Waals surface area contributed by atoms with Crippen LogP contribution in [0.1, 0.15) is 13.3 Å². The summed E-state index contributed by atoms with van der Waals surface area (Å²) in [5, 5.41) is 0. The van der Waals surface area contributed by atoms with Gasteiger partial charge in [-0.05, 0) is 22.9 Å². The second-order valence-corrected chi connectivity index (χ2v) is 4.79. The Hall–Kier alpha value is -1.90. The number of imidazole rings is 1. The molecule has 0 amide bonds. The predicted octanol–water partition coefficient (Wildman–Crippen LogP) is 0.139. The number of halogens is 1. The fourth-order valence-electron chi connectivity index (χ4n) is 1.85. The van der Waals surface area contributed by atoms with Crippen LogP contribution < -0.4 is 11.2 Å². The lowest BCUT2D eigenvalue weighted by Gasteiger charge is -2.05. The minimum atomic E-state index is -0.537. The smallest absolute Gasteiger partial charge is 0.329 e. The number of rotatable bonds is 4. The normalized spacial score (nSPS) is 10.9. The molecule has 1 N–H and O–H groups in total. The van der Waals surface area contributed by atoms with Crippen LogP contribution in [0.3, 0.4) is 0 Å². The molecule has 108 valence electrons. The van der Waals surface area contributed by atoms with Crippen molar-refractivity contribution < 1.29 is 9.53 Å². The lowest BCUT2D eigenvalue weighted by molar-refractivity contribution is -0.143. The van der Waals surface area contributed by atoms with Crippen LogP contribution in [0.5, 0.6) is 0 Å². The Bertz CT molecular complexity index is 773. The number of aromatic amines is 1. The van der Waals surface area contributed by atoms with Crippen molar-refractivity contribution in [2.45, 2.75) is 19.9 Å². The lowest BCUT2D eigenvalue weighted by Crippen LogP contribution is -2.29. The van der Waals surface area contributed by atoms with Gasteiger partial charge in [-0.1, -0.05) is 0 Å². The number of esters is 1. The van der Waals surface area contributed by atoms with E-state index in [0.29, 0.717) is 11.3 Å². The fraction of sp³-hybridized carbons (Fsp3) is 0.455. The van der Waals surface area contributed by atoms with E-state index in [9.17, 15) is 14.4 Å². The molecule has 2 aromatic rings. The molecule has 0 radical (unpaired) electrons. The van der Waals surface area contributed by atoms with Crippen molar-refractivity contribution in [3.8, 4) is 0 Å². The number of H-pyrrole nitrogens is 1. The Labute approximate surface area is 121 Å². The number of aryl methyl sites for hydroxylation is 2. The van der Waals surface area contributed by atoms with E-state index in [0.717, 1.165) is 0 Å². The molecule has 0 bridgehead atoms. The molecule has 0 aliphatic rings. The van der Waals surface area contributed by atoms with E-state index >= 15 is 0 Å². The Morgan fingerprint density at radius 3 is 2.80 bits per heavy atom. The molecule has 0 spiro atoms.